The van der Waals surface area contributed by atoms with Gasteiger partial charge in [-0.3, -0.25) is 0 Å². The monoisotopic (exact) mass is 223 g/mol. The largest absolute Gasteiger partial charge is 0.383 e. The third-order valence-corrected chi connectivity index (χ3v) is 2.91. The summed E-state index contributed by atoms with van der Waals surface area (Å²) < 4.78 is 0. The van der Waals surface area contributed by atoms with Gasteiger partial charge in [-0.25, -0.2) is 4.98 Å². The molecule has 0 unspecified atom stereocenters. The van der Waals surface area contributed by atoms with Gasteiger partial charge in [-0.15, -0.1) is 0 Å². The van der Waals surface area contributed by atoms with E-state index in [-0.39, 0.29) is 5.82 Å². The molecule has 3 nitrogen and oxygen atoms in total. The third kappa shape index (κ3) is 1.98. The number of hydrogen-bond acceptors (Lipinski definition) is 3. The minimum atomic E-state index is 0.281. The molecule has 17 heavy (non-hydrogen) atoms. The number of rotatable bonds is 1. The molecule has 2 rings (SSSR count). The molecular formula is C14H13N3. The number of nitriles is 1. The summed E-state index contributed by atoms with van der Waals surface area (Å²) in [4.78, 5) is 3.93. The van der Waals surface area contributed by atoms with Gasteiger partial charge >= 0.3 is 0 Å². The Kier molecular flexibility index (Phi) is 2.80. The highest BCUT2D eigenvalue weighted by Crippen LogP contribution is 2.27. The zero-order valence-corrected chi connectivity index (χ0v) is 9.86. The summed E-state index contributed by atoms with van der Waals surface area (Å²) in [6, 6.07) is 10.0. The van der Waals surface area contributed by atoms with Gasteiger partial charge in [-0.2, -0.15) is 5.26 Å². The lowest BCUT2D eigenvalue weighted by Gasteiger charge is -2.08. The number of aryl methyl sites for hydroxylation is 2. The summed E-state index contributed by atoms with van der Waals surface area (Å²) in [7, 11) is 0. The summed E-state index contributed by atoms with van der Waals surface area (Å²) in [5, 5.41) is 9.11. The van der Waals surface area contributed by atoms with Crippen molar-refractivity contribution in [3.63, 3.8) is 0 Å². The van der Waals surface area contributed by atoms with E-state index in [1.165, 1.54) is 11.1 Å². The normalized spacial score (nSPS) is 9.94. The van der Waals surface area contributed by atoms with Crippen LogP contribution in [0.4, 0.5) is 5.82 Å². The second-order valence-corrected chi connectivity index (χ2v) is 4.03. The summed E-state index contributed by atoms with van der Waals surface area (Å²) in [6.07, 6.45) is 1.63. The van der Waals surface area contributed by atoms with Gasteiger partial charge in [0.25, 0.3) is 0 Å². The van der Waals surface area contributed by atoms with E-state index < -0.39 is 0 Å². The van der Waals surface area contributed by atoms with Crippen molar-refractivity contribution in [2.45, 2.75) is 13.8 Å². The van der Waals surface area contributed by atoms with Gasteiger partial charge in [0.15, 0.2) is 0 Å². The lowest BCUT2D eigenvalue weighted by Crippen LogP contribution is -1.96. The average Bonchev–Trinajstić information content (AvgIpc) is 2.32. The number of benzene rings is 1. The van der Waals surface area contributed by atoms with Crippen molar-refractivity contribution < 1.29 is 0 Å². The molecule has 0 amide bonds. The molecule has 0 radical (unpaired) electrons. The van der Waals surface area contributed by atoms with Crippen LogP contribution < -0.4 is 5.73 Å². The molecule has 84 valence electrons. The summed E-state index contributed by atoms with van der Waals surface area (Å²) in [5.74, 6) is 0.281. The van der Waals surface area contributed by atoms with E-state index >= 15 is 0 Å². The first-order valence-electron chi connectivity index (χ1n) is 5.35. The van der Waals surface area contributed by atoms with Crippen molar-refractivity contribution in [3.8, 4) is 17.2 Å². The zero-order valence-electron chi connectivity index (χ0n) is 9.86. The Morgan fingerprint density at radius 1 is 1.18 bits per heavy atom. The maximum absolute atomic E-state index is 9.11. The first-order chi connectivity index (χ1) is 8.13. The van der Waals surface area contributed by atoms with E-state index in [4.69, 9.17) is 11.0 Å². The van der Waals surface area contributed by atoms with Crippen molar-refractivity contribution >= 4 is 5.82 Å². The number of nitrogens with zero attached hydrogens (tertiary/aromatic N) is 2. The van der Waals surface area contributed by atoms with Crippen molar-refractivity contribution in [1.29, 1.82) is 5.26 Å². The van der Waals surface area contributed by atoms with Gasteiger partial charge in [-0.1, -0.05) is 18.2 Å². The van der Waals surface area contributed by atoms with E-state index in [1.807, 2.05) is 18.2 Å². The van der Waals surface area contributed by atoms with Crippen LogP contribution in [0, 0.1) is 25.2 Å². The van der Waals surface area contributed by atoms with E-state index in [0.717, 1.165) is 11.1 Å². The molecule has 0 spiro atoms. The molecule has 0 atom stereocenters. The highest BCUT2D eigenvalue weighted by Gasteiger charge is 2.09. The molecule has 2 aromatic rings. The van der Waals surface area contributed by atoms with Crippen LogP contribution in [-0.4, -0.2) is 4.98 Å². The number of pyridine rings is 1. The molecule has 0 aliphatic carbocycles. The average molecular weight is 223 g/mol. The van der Waals surface area contributed by atoms with Gasteiger partial charge in [0.2, 0.25) is 0 Å². The SMILES string of the molecule is Cc1ccc(-c2ccnc(N)c2C#N)cc1C. The van der Waals surface area contributed by atoms with Crippen LogP contribution in [0.25, 0.3) is 11.1 Å². The topological polar surface area (TPSA) is 62.7 Å². The van der Waals surface area contributed by atoms with Crippen LogP contribution in [0.2, 0.25) is 0 Å². The van der Waals surface area contributed by atoms with E-state index in [1.54, 1.807) is 6.20 Å². The molecule has 2 N–H and O–H groups in total. The fraction of sp³-hybridized carbons (Fsp3) is 0.143. The Balaban J connectivity index is 2.65. The number of hydrogen-bond donors (Lipinski definition) is 1. The van der Waals surface area contributed by atoms with Gasteiger partial charge in [0.1, 0.15) is 17.5 Å². The third-order valence-electron chi connectivity index (χ3n) is 2.91. The molecule has 0 aliphatic rings. The predicted molar refractivity (Wildman–Crippen MR) is 68.3 cm³/mol. The standard InChI is InChI=1S/C14H13N3/c1-9-3-4-11(7-10(9)2)12-5-6-17-14(16)13(12)8-15/h3-7H,1-2H3,(H2,16,17). The van der Waals surface area contributed by atoms with Crippen molar-refractivity contribution in [3.05, 3.63) is 47.2 Å². The van der Waals surface area contributed by atoms with Crippen LogP contribution >= 0.6 is 0 Å². The predicted octanol–water partition coefficient (Wildman–Crippen LogP) is 2.82. The molecule has 1 aromatic heterocycles. The van der Waals surface area contributed by atoms with Crippen LogP contribution in [0.1, 0.15) is 16.7 Å². The van der Waals surface area contributed by atoms with Crippen LogP contribution in [0.3, 0.4) is 0 Å². The highest BCUT2D eigenvalue weighted by molar-refractivity contribution is 5.75. The van der Waals surface area contributed by atoms with Gasteiger partial charge in [-0.05, 0) is 36.6 Å². The van der Waals surface area contributed by atoms with E-state index in [0.29, 0.717) is 5.56 Å². The summed E-state index contributed by atoms with van der Waals surface area (Å²) in [5.41, 5.74) is 10.4. The van der Waals surface area contributed by atoms with Gasteiger partial charge in [0.05, 0.1) is 0 Å². The Morgan fingerprint density at radius 3 is 2.59 bits per heavy atom. The first kappa shape index (κ1) is 11.2. The number of nitrogen functional groups attached to an aromatic ring is 1. The van der Waals surface area contributed by atoms with Crippen LogP contribution in [0.15, 0.2) is 30.5 Å². The summed E-state index contributed by atoms with van der Waals surface area (Å²) in [6.45, 7) is 4.11. The smallest absolute Gasteiger partial charge is 0.141 e. The Morgan fingerprint density at radius 2 is 1.94 bits per heavy atom. The fourth-order valence-corrected chi connectivity index (χ4v) is 1.74. The Labute approximate surface area is 101 Å². The molecule has 3 heteroatoms. The maximum Gasteiger partial charge on any atom is 0.141 e. The van der Waals surface area contributed by atoms with Crippen molar-refractivity contribution in [1.82, 2.24) is 4.98 Å². The molecule has 1 heterocycles. The molecule has 0 fully saturated rings. The first-order valence-corrected chi connectivity index (χ1v) is 5.35. The zero-order chi connectivity index (χ0) is 12.4. The lowest BCUT2D eigenvalue weighted by atomic mass is 9.98. The fourth-order valence-electron chi connectivity index (χ4n) is 1.74. The van der Waals surface area contributed by atoms with Crippen molar-refractivity contribution in [2.75, 3.05) is 5.73 Å². The number of anilines is 1. The quantitative estimate of drug-likeness (QED) is 0.808. The second kappa shape index (κ2) is 4.26. The highest BCUT2D eigenvalue weighted by atomic mass is 14.8. The van der Waals surface area contributed by atoms with Crippen LogP contribution in [0.5, 0.6) is 0 Å². The summed E-state index contributed by atoms with van der Waals surface area (Å²) >= 11 is 0. The van der Waals surface area contributed by atoms with E-state index in [2.05, 4.69) is 31.0 Å². The Hall–Kier alpha value is -2.34. The van der Waals surface area contributed by atoms with E-state index in [9.17, 15) is 0 Å². The molecule has 0 saturated carbocycles. The molecule has 1 aromatic carbocycles. The molecule has 0 saturated heterocycles. The number of nitrogens with two attached hydrogens (primary N) is 1. The van der Waals surface area contributed by atoms with Crippen LogP contribution in [-0.2, 0) is 0 Å². The molecule has 0 aliphatic heterocycles. The van der Waals surface area contributed by atoms with Crippen molar-refractivity contribution in [2.24, 2.45) is 0 Å². The number of aromatic nitrogens is 1. The Bertz CT molecular complexity index is 609. The van der Waals surface area contributed by atoms with Gasteiger partial charge < -0.3 is 5.73 Å². The molecular weight excluding hydrogens is 210 g/mol. The van der Waals surface area contributed by atoms with Gasteiger partial charge in [0, 0.05) is 11.8 Å². The minimum absolute atomic E-state index is 0.281. The second-order valence-electron chi connectivity index (χ2n) is 4.03. The molecule has 0 bridgehead atoms. The maximum atomic E-state index is 9.11. The minimum Gasteiger partial charge on any atom is -0.383 e. The lowest BCUT2D eigenvalue weighted by molar-refractivity contribution is 1.30.